The molecule has 0 saturated heterocycles. The van der Waals surface area contributed by atoms with Crippen molar-refractivity contribution in [1.29, 1.82) is 0 Å². The van der Waals surface area contributed by atoms with Crippen LogP contribution in [0.25, 0.3) is 10.9 Å². The topological polar surface area (TPSA) is 51.5 Å². The molecular weight excluding hydrogens is 340 g/mol. The van der Waals surface area contributed by atoms with E-state index in [0.29, 0.717) is 12.2 Å². The minimum absolute atomic E-state index is 0.0288. The highest BCUT2D eigenvalue weighted by Gasteiger charge is 2.33. The molecule has 2 heterocycles. The van der Waals surface area contributed by atoms with Gasteiger partial charge in [0.2, 0.25) is 0 Å². The number of anilines is 1. The summed E-state index contributed by atoms with van der Waals surface area (Å²) in [7, 11) is 1.37. The number of carbonyl (C=O) groups excluding carboxylic acids is 2. The quantitative estimate of drug-likeness (QED) is 0.669. The van der Waals surface area contributed by atoms with Gasteiger partial charge in [0.05, 0.1) is 12.6 Å². The van der Waals surface area contributed by atoms with Gasteiger partial charge < -0.3 is 14.2 Å². The number of nitrogens with zero attached hydrogens (tertiary/aromatic N) is 2. The third-order valence-corrected chi connectivity index (χ3v) is 5.47. The molecule has 1 amide bonds. The highest BCUT2D eigenvalue weighted by Crippen LogP contribution is 2.35. The first-order valence-electron chi connectivity index (χ1n) is 9.08. The van der Waals surface area contributed by atoms with Crippen LogP contribution in [-0.2, 0) is 22.5 Å². The van der Waals surface area contributed by atoms with Crippen molar-refractivity contribution in [2.45, 2.75) is 26.8 Å². The van der Waals surface area contributed by atoms with Crippen molar-refractivity contribution in [3.63, 3.8) is 0 Å². The Kier molecular flexibility index (Phi) is 4.22. The summed E-state index contributed by atoms with van der Waals surface area (Å²) in [5.41, 5.74) is 5.67. The number of amides is 1. The van der Waals surface area contributed by atoms with E-state index in [-0.39, 0.29) is 18.4 Å². The van der Waals surface area contributed by atoms with Crippen molar-refractivity contribution in [3.8, 4) is 0 Å². The van der Waals surface area contributed by atoms with Gasteiger partial charge in [-0.1, -0.05) is 30.3 Å². The van der Waals surface area contributed by atoms with Crippen molar-refractivity contribution >= 4 is 28.5 Å². The van der Waals surface area contributed by atoms with E-state index in [0.717, 1.165) is 39.7 Å². The summed E-state index contributed by atoms with van der Waals surface area (Å²) in [6.07, 6.45) is 0.753. The van der Waals surface area contributed by atoms with Crippen LogP contribution < -0.4 is 4.90 Å². The molecule has 1 aromatic heterocycles. The van der Waals surface area contributed by atoms with Crippen LogP contribution in [0, 0.1) is 13.8 Å². The van der Waals surface area contributed by atoms with E-state index in [1.807, 2.05) is 48.7 Å². The van der Waals surface area contributed by atoms with Crippen molar-refractivity contribution in [2.75, 3.05) is 18.6 Å². The van der Waals surface area contributed by atoms with Crippen LogP contribution >= 0.6 is 0 Å². The average Bonchev–Trinajstić information content (AvgIpc) is 3.00. The number of rotatable bonds is 3. The van der Waals surface area contributed by atoms with Crippen molar-refractivity contribution < 1.29 is 14.3 Å². The molecule has 2 aromatic carbocycles. The van der Waals surface area contributed by atoms with Crippen LogP contribution in [0.5, 0.6) is 0 Å². The smallest absolute Gasteiger partial charge is 0.325 e. The van der Waals surface area contributed by atoms with E-state index in [1.54, 1.807) is 4.90 Å². The van der Waals surface area contributed by atoms with Crippen LogP contribution in [0.1, 0.15) is 27.2 Å². The molecule has 0 atom stereocenters. The molecule has 0 aliphatic carbocycles. The average molecular weight is 362 g/mol. The predicted octanol–water partition coefficient (Wildman–Crippen LogP) is 3.63. The molecule has 1 aliphatic rings. The number of hydrogen-bond acceptors (Lipinski definition) is 3. The summed E-state index contributed by atoms with van der Waals surface area (Å²) in [6, 6.07) is 13.8. The largest absolute Gasteiger partial charge is 0.468 e. The Morgan fingerprint density at radius 2 is 1.85 bits per heavy atom. The van der Waals surface area contributed by atoms with Crippen LogP contribution in [0.15, 0.2) is 42.5 Å². The van der Waals surface area contributed by atoms with Crippen LogP contribution in [0.3, 0.4) is 0 Å². The number of carbonyl (C=O) groups is 2. The van der Waals surface area contributed by atoms with Crippen molar-refractivity contribution in [2.24, 2.45) is 0 Å². The number of esters is 1. The molecular formula is C22H22N2O3. The first-order chi connectivity index (χ1) is 13.0. The maximum atomic E-state index is 13.4. The minimum atomic E-state index is -0.361. The van der Waals surface area contributed by atoms with Gasteiger partial charge in [-0.15, -0.1) is 0 Å². The Balaban J connectivity index is 1.94. The number of aromatic nitrogens is 1. The van der Waals surface area contributed by atoms with Crippen LogP contribution in [-0.4, -0.2) is 30.1 Å². The lowest BCUT2D eigenvalue weighted by Crippen LogP contribution is -2.39. The van der Waals surface area contributed by atoms with Gasteiger partial charge in [-0.05, 0) is 49.1 Å². The lowest BCUT2D eigenvalue weighted by Gasteiger charge is -2.28. The highest BCUT2D eigenvalue weighted by molar-refractivity contribution is 6.11. The zero-order chi connectivity index (χ0) is 19.1. The van der Waals surface area contributed by atoms with Crippen molar-refractivity contribution in [1.82, 2.24) is 4.57 Å². The molecule has 0 radical (unpaired) electrons. The van der Waals surface area contributed by atoms with Gasteiger partial charge in [-0.3, -0.25) is 9.59 Å². The fourth-order valence-corrected chi connectivity index (χ4v) is 3.95. The lowest BCUT2D eigenvalue weighted by atomic mass is 9.99. The lowest BCUT2D eigenvalue weighted by molar-refractivity contribution is -0.141. The SMILES string of the molecule is COC(=O)Cn1c2c(c3ccc(C)c(C)c31)CCN(c1ccccc1)C2=O. The Morgan fingerprint density at radius 3 is 2.56 bits per heavy atom. The summed E-state index contributed by atoms with van der Waals surface area (Å²) in [4.78, 5) is 27.3. The monoisotopic (exact) mass is 362 g/mol. The molecule has 0 N–H and O–H groups in total. The summed E-state index contributed by atoms with van der Waals surface area (Å²) in [5, 5.41) is 1.05. The van der Waals surface area contributed by atoms with Gasteiger partial charge in [0, 0.05) is 17.6 Å². The summed E-state index contributed by atoms with van der Waals surface area (Å²) in [6.45, 7) is 4.73. The second-order valence-electron chi connectivity index (χ2n) is 6.94. The number of methoxy groups -OCH3 is 1. The fraction of sp³-hybridized carbons (Fsp3) is 0.273. The number of ether oxygens (including phenoxy) is 1. The number of hydrogen-bond donors (Lipinski definition) is 0. The zero-order valence-electron chi connectivity index (χ0n) is 15.8. The first kappa shape index (κ1) is 17.3. The van der Waals surface area contributed by atoms with E-state index in [4.69, 9.17) is 4.74 Å². The second-order valence-corrected chi connectivity index (χ2v) is 6.94. The molecule has 4 rings (SSSR count). The first-order valence-corrected chi connectivity index (χ1v) is 9.08. The molecule has 0 saturated carbocycles. The molecule has 1 aliphatic heterocycles. The van der Waals surface area contributed by atoms with Gasteiger partial charge >= 0.3 is 5.97 Å². The van der Waals surface area contributed by atoms with Gasteiger partial charge in [-0.25, -0.2) is 0 Å². The maximum Gasteiger partial charge on any atom is 0.325 e. The number of para-hydroxylation sites is 1. The molecule has 0 fully saturated rings. The van der Waals surface area contributed by atoms with E-state index in [2.05, 4.69) is 12.1 Å². The Hall–Kier alpha value is -3.08. The van der Waals surface area contributed by atoms with E-state index in [1.165, 1.54) is 7.11 Å². The van der Waals surface area contributed by atoms with E-state index >= 15 is 0 Å². The van der Waals surface area contributed by atoms with Gasteiger partial charge in [0.25, 0.3) is 5.91 Å². The minimum Gasteiger partial charge on any atom is -0.468 e. The summed E-state index contributed by atoms with van der Waals surface area (Å²) >= 11 is 0. The normalized spacial score (nSPS) is 13.7. The molecule has 5 nitrogen and oxygen atoms in total. The van der Waals surface area contributed by atoms with Gasteiger partial charge in [-0.2, -0.15) is 0 Å². The molecule has 138 valence electrons. The maximum absolute atomic E-state index is 13.4. The Morgan fingerprint density at radius 1 is 1.11 bits per heavy atom. The van der Waals surface area contributed by atoms with Crippen LogP contribution in [0.2, 0.25) is 0 Å². The second kappa shape index (κ2) is 6.58. The molecule has 0 bridgehead atoms. The molecule has 5 heteroatoms. The molecule has 3 aromatic rings. The van der Waals surface area contributed by atoms with Crippen molar-refractivity contribution in [3.05, 3.63) is 64.8 Å². The standard InChI is InChI=1S/C22H22N2O3/c1-14-9-10-17-18-11-12-23(16-7-5-4-6-8-16)22(26)21(18)24(13-19(25)27-3)20(17)15(14)2/h4-10H,11-13H2,1-3H3. The molecule has 0 spiro atoms. The Labute approximate surface area is 158 Å². The third kappa shape index (κ3) is 2.70. The predicted molar refractivity (Wildman–Crippen MR) is 105 cm³/mol. The zero-order valence-corrected chi connectivity index (χ0v) is 15.8. The number of aryl methyl sites for hydroxylation is 2. The molecule has 0 unspecified atom stereocenters. The number of fused-ring (bicyclic) bond motifs is 3. The van der Waals surface area contributed by atoms with Gasteiger partial charge in [0.15, 0.2) is 0 Å². The van der Waals surface area contributed by atoms with Gasteiger partial charge in [0.1, 0.15) is 12.2 Å². The van der Waals surface area contributed by atoms with Crippen LogP contribution in [0.4, 0.5) is 5.69 Å². The fourth-order valence-electron chi connectivity index (χ4n) is 3.95. The third-order valence-electron chi connectivity index (χ3n) is 5.47. The summed E-state index contributed by atoms with van der Waals surface area (Å²) in [5.74, 6) is -0.431. The summed E-state index contributed by atoms with van der Waals surface area (Å²) < 4.78 is 6.74. The van der Waals surface area contributed by atoms with E-state index in [9.17, 15) is 9.59 Å². The van der Waals surface area contributed by atoms with E-state index < -0.39 is 0 Å². The highest BCUT2D eigenvalue weighted by atomic mass is 16.5. The number of benzene rings is 2. The Bertz CT molecular complexity index is 1050. The molecule has 27 heavy (non-hydrogen) atoms.